The Morgan fingerprint density at radius 3 is 1.71 bits per heavy atom. The molecule has 0 spiro atoms. The third-order valence-corrected chi connectivity index (χ3v) is 2.05. The van der Waals surface area contributed by atoms with Gasteiger partial charge < -0.3 is 14.2 Å². The number of esters is 3. The number of rotatable bonds is 5. The molecule has 0 aliphatic heterocycles. The standard InChI is InChI=1S/C15H26O6/c1-8-19-12(17)10(13(18)21-15(5,6)7)9-11(16)20-14(2,3)4/h10H,8-9H2,1-7H3/t10-/m1/s1. The lowest BCUT2D eigenvalue weighted by atomic mass is 10.0. The molecule has 0 fully saturated rings. The highest BCUT2D eigenvalue weighted by Crippen LogP contribution is 2.18. The Labute approximate surface area is 126 Å². The van der Waals surface area contributed by atoms with Crippen molar-refractivity contribution in [2.24, 2.45) is 5.92 Å². The van der Waals surface area contributed by atoms with Gasteiger partial charge in [-0.25, -0.2) is 0 Å². The van der Waals surface area contributed by atoms with Crippen LogP contribution >= 0.6 is 0 Å². The largest absolute Gasteiger partial charge is 0.465 e. The number of ether oxygens (including phenoxy) is 3. The van der Waals surface area contributed by atoms with E-state index >= 15 is 0 Å². The molecule has 0 aromatic heterocycles. The number of hydrogen-bond donors (Lipinski definition) is 0. The van der Waals surface area contributed by atoms with Crippen LogP contribution in [-0.4, -0.2) is 35.7 Å². The van der Waals surface area contributed by atoms with Crippen LogP contribution in [0.3, 0.4) is 0 Å². The smallest absolute Gasteiger partial charge is 0.321 e. The Kier molecular flexibility index (Phi) is 6.86. The average Bonchev–Trinajstić information content (AvgIpc) is 2.20. The highest BCUT2D eigenvalue weighted by atomic mass is 16.6. The summed E-state index contributed by atoms with van der Waals surface area (Å²) in [7, 11) is 0. The van der Waals surface area contributed by atoms with Gasteiger partial charge >= 0.3 is 17.9 Å². The van der Waals surface area contributed by atoms with Crippen LogP contribution < -0.4 is 0 Å². The van der Waals surface area contributed by atoms with Crippen LogP contribution in [0, 0.1) is 5.92 Å². The Bertz CT molecular complexity index is 386. The minimum atomic E-state index is -1.31. The molecule has 0 aliphatic carbocycles. The van der Waals surface area contributed by atoms with Crippen molar-refractivity contribution in [2.75, 3.05) is 6.61 Å². The van der Waals surface area contributed by atoms with Crippen LogP contribution in [0.1, 0.15) is 54.9 Å². The van der Waals surface area contributed by atoms with Gasteiger partial charge in [-0.05, 0) is 48.5 Å². The first kappa shape index (κ1) is 19.4. The van der Waals surface area contributed by atoms with Crippen molar-refractivity contribution in [1.29, 1.82) is 0 Å². The van der Waals surface area contributed by atoms with Gasteiger partial charge in [0.1, 0.15) is 11.2 Å². The van der Waals surface area contributed by atoms with Gasteiger partial charge in [0.05, 0.1) is 13.0 Å². The molecule has 0 aromatic rings. The minimum Gasteiger partial charge on any atom is -0.465 e. The summed E-state index contributed by atoms with van der Waals surface area (Å²) in [6, 6.07) is 0. The van der Waals surface area contributed by atoms with Crippen molar-refractivity contribution in [3.05, 3.63) is 0 Å². The van der Waals surface area contributed by atoms with Gasteiger partial charge in [-0.1, -0.05) is 0 Å². The Balaban J connectivity index is 4.95. The first-order valence-electron chi connectivity index (χ1n) is 6.97. The maximum atomic E-state index is 12.0. The molecule has 0 radical (unpaired) electrons. The predicted octanol–water partition coefficient (Wildman–Crippen LogP) is 2.24. The Hall–Kier alpha value is -1.59. The predicted molar refractivity (Wildman–Crippen MR) is 76.4 cm³/mol. The first-order valence-corrected chi connectivity index (χ1v) is 6.97. The lowest BCUT2D eigenvalue weighted by molar-refractivity contribution is -0.175. The zero-order valence-corrected chi connectivity index (χ0v) is 13.9. The summed E-state index contributed by atoms with van der Waals surface area (Å²) in [5.41, 5.74) is -1.44. The number of carbonyl (C=O) groups excluding carboxylic acids is 3. The van der Waals surface area contributed by atoms with Crippen LogP contribution in [0.15, 0.2) is 0 Å². The van der Waals surface area contributed by atoms with Crippen molar-refractivity contribution in [1.82, 2.24) is 0 Å². The van der Waals surface area contributed by atoms with Crippen LogP contribution in [-0.2, 0) is 28.6 Å². The quantitative estimate of drug-likeness (QED) is 0.440. The van der Waals surface area contributed by atoms with E-state index in [2.05, 4.69) is 0 Å². The van der Waals surface area contributed by atoms with Gasteiger partial charge in [-0.15, -0.1) is 0 Å². The second-order valence-electron chi connectivity index (χ2n) is 6.63. The molecule has 0 rings (SSSR count). The topological polar surface area (TPSA) is 78.9 Å². The van der Waals surface area contributed by atoms with E-state index in [1.54, 1.807) is 48.5 Å². The molecule has 0 unspecified atom stereocenters. The SMILES string of the molecule is CCOC(=O)[C@@H](CC(=O)OC(C)(C)C)C(=O)OC(C)(C)C. The minimum absolute atomic E-state index is 0.118. The highest BCUT2D eigenvalue weighted by molar-refractivity contribution is 5.98. The van der Waals surface area contributed by atoms with Gasteiger partial charge in [0.2, 0.25) is 0 Å². The fourth-order valence-corrected chi connectivity index (χ4v) is 1.43. The van der Waals surface area contributed by atoms with Gasteiger partial charge in [0.15, 0.2) is 5.92 Å². The van der Waals surface area contributed by atoms with Gasteiger partial charge in [0, 0.05) is 0 Å². The number of hydrogen-bond acceptors (Lipinski definition) is 6. The molecule has 1 atom stereocenters. The van der Waals surface area contributed by atoms with E-state index in [1.165, 1.54) is 0 Å². The van der Waals surface area contributed by atoms with Gasteiger partial charge in [0.25, 0.3) is 0 Å². The van der Waals surface area contributed by atoms with E-state index in [4.69, 9.17) is 14.2 Å². The monoisotopic (exact) mass is 302 g/mol. The van der Waals surface area contributed by atoms with Gasteiger partial charge in [-0.2, -0.15) is 0 Å². The molecule has 0 amide bonds. The maximum Gasteiger partial charge on any atom is 0.321 e. The van der Waals surface area contributed by atoms with Crippen LogP contribution in [0.25, 0.3) is 0 Å². The molecule has 122 valence electrons. The lowest BCUT2D eigenvalue weighted by Gasteiger charge is -2.24. The Morgan fingerprint density at radius 2 is 1.33 bits per heavy atom. The first-order chi connectivity index (χ1) is 9.35. The van der Waals surface area contributed by atoms with E-state index in [1.807, 2.05) is 0 Å². The van der Waals surface area contributed by atoms with Crippen LogP contribution in [0.4, 0.5) is 0 Å². The fourth-order valence-electron chi connectivity index (χ4n) is 1.43. The molecule has 6 heteroatoms. The molecule has 0 N–H and O–H groups in total. The molecule has 0 saturated carbocycles. The van der Waals surface area contributed by atoms with Crippen molar-refractivity contribution < 1.29 is 28.6 Å². The maximum absolute atomic E-state index is 12.0. The molecule has 0 aromatic carbocycles. The van der Waals surface area contributed by atoms with Crippen molar-refractivity contribution in [3.8, 4) is 0 Å². The highest BCUT2D eigenvalue weighted by Gasteiger charge is 2.35. The molecule has 21 heavy (non-hydrogen) atoms. The molecule has 0 saturated heterocycles. The second kappa shape index (κ2) is 7.43. The molecule has 0 bridgehead atoms. The lowest BCUT2D eigenvalue weighted by Crippen LogP contribution is -2.36. The van der Waals surface area contributed by atoms with Crippen LogP contribution in [0.2, 0.25) is 0 Å². The third kappa shape index (κ3) is 9.05. The summed E-state index contributed by atoms with van der Waals surface area (Å²) in [6.07, 6.45) is -0.398. The van der Waals surface area contributed by atoms with E-state index in [0.29, 0.717) is 0 Å². The summed E-state index contributed by atoms with van der Waals surface area (Å²) in [6.45, 7) is 11.9. The molecular weight excluding hydrogens is 276 g/mol. The summed E-state index contributed by atoms with van der Waals surface area (Å²) in [4.78, 5) is 35.7. The summed E-state index contributed by atoms with van der Waals surface area (Å²) in [5.74, 6) is -3.52. The average molecular weight is 302 g/mol. The van der Waals surface area contributed by atoms with Crippen molar-refractivity contribution in [3.63, 3.8) is 0 Å². The summed E-state index contributed by atoms with van der Waals surface area (Å²) >= 11 is 0. The zero-order chi connectivity index (χ0) is 16.8. The summed E-state index contributed by atoms with van der Waals surface area (Å²) < 4.78 is 15.1. The third-order valence-electron chi connectivity index (χ3n) is 2.05. The molecule has 0 heterocycles. The molecular formula is C15H26O6. The van der Waals surface area contributed by atoms with E-state index in [0.717, 1.165) is 0 Å². The molecule has 6 nitrogen and oxygen atoms in total. The van der Waals surface area contributed by atoms with E-state index in [-0.39, 0.29) is 6.61 Å². The zero-order valence-electron chi connectivity index (χ0n) is 13.9. The fraction of sp³-hybridized carbons (Fsp3) is 0.800. The van der Waals surface area contributed by atoms with E-state index < -0.39 is 41.4 Å². The van der Waals surface area contributed by atoms with Crippen molar-refractivity contribution in [2.45, 2.75) is 66.1 Å². The number of carbonyl (C=O) groups is 3. The molecule has 0 aliphatic rings. The van der Waals surface area contributed by atoms with Gasteiger partial charge in [-0.3, -0.25) is 14.4 Å². The second-order valence-corrected chi connectivity index (χ2v) is 6.63. The van der Waals surface area contributed by atoms with Crippen molar-refractivity contribution >= 4 is 17.9 Å². The van der Waals surface area contributed by atoms with Crippen LogP contribution in [0.5, 0.6) is 0 Å². The normalized spacial score (nSPS) is 13.3. The summed E-state index contributed by atoms with van der Waals surface area (Å²) in [5, 5.41) is 0. The van der Waals surface area contributed by atoms with E-state index in [9.17, 15) is 14.4 Å². The Morgan fingerprint density at radius 1 is 0.857 bits per heavy atom.